The van der Waals surface area contributed by atoms with Crippen molar-refractivity contribution in [2.75, 3.05) is 25.1 Å². The Labute approximate surface area is 98.2 Å². The highest BCUT2D eigenvalue weighted by Gasteiger charge is 2.31. The third-order valence-corrected chi connectivity index (χ3v) is 4.59. The predicted octanol–water partition coefficient (Wildman–Crippen LogP) is 1.95. The molecule has 2 aliphatic rings. The number of thioether (sulfide) groups is 1. The van der Waals surface area contributed by atoms with Crippen LogP contribution in [0, 0.1) is 0 Å². The van der Waals surface area contributed by atoms with Gasteiger partial charge in [0.2, 0.25) is 0 Å². The topological polar surface area (TPSA) is 15.3 Å². The van der Waals surface area contributed by atoms with Crippen LogP contribution in [0.4, 0.5) is 0 Å². The summed E-state index contributed by atoms with van der Waals surface area (Å²) >= 11 is 1.94. The summed E-state index contributed by atoms with van der Waals surface area (Å²) in [5.74, 6) is 1.24. The van der Waals surface area contributed by atoms with Crippen molar-refractivity contribution in [1.82, 2.24) is 10.2 Å². The number of hydrogen-bond acceptors (Lipinski definition) is 3. The Morgan fingerprint density at radius 3 is 3.07 bits per heavy atom. The van der Waals surface area contributed by atoms with Crippen LogP contribution in [0.1, 0.15) is 32.6 Å². The minimum Gasteiger partial charge on any atom is -0.311 e. The van der Waals surface area contributed by atoms with Crippen molar-refractivity contribution in [3.05, 3.63) is 0 Å². The highest BCUT2D eigenvalue weighted by molar-refractivity contribution is 7.98. The van der Waals surface area contributed by atoms with Crippen molar-refractivity contribution in [3.8, 4) is 0 Å². The molecule has 0 aromatic rings. The SMILES string of the molecule is CSCC(C)NC1CCN2CCCC2C1. The van der Waals surface area contributed by atoms with E-state index in [9.17, 15) is 0 Å². The Balaban J connectivity index is 1.75. The maximum absolute atomic E-state index is 3.78. The van der Waals surface area contributed by atoms with E-state index in [0.29, 0.717) is 6.04 Å². The van der Waals surface area contributed by atoms with Crippen LogP contribution in [0.5, 0.6) is 0 Å². The largest absolute Gasteiger partial charge is 0.311 e. The fourth-order valence-electron chi connectivity index (χ4n) is 3.08. The molecule has 3 heteroatoms. The van der Waals surface area contributed by atoms with Crippen molar-refractivity contribution in [2.24, 2.45) is 0 Å². The van der Waals surface area contributed by atoms with E-state index in [1.54, 1.807) is 0 Å². The van der Waals surface area contributed by atoms with E-state index in [1.807, 2.05) is 11.8 Å². The third-order valence-electron chi connectivity index (χ3n) is 3.76. The highest BCUT2D eigenvalue weighted by atomic mass is 32.2. The van der Waals surface area contributed by atoms with Crippen molar-refractivity contribution >= 4 is 11.8 Å². The van der Waals surface area contributed by atoms with Gasteiger partial charge in [0.25, 0.3) is 0 Å². The zero-order chi connectivity index (χ0) is 10.7. The molecule has 15 heavy (non-hydrogen) atoms. The molecule has 2 aliphatic heterocycles. The molecular weight excluding hydrogens is 204 g/mol. The van der Waals surface area contributed by atoms with Crippen LogP contribution in [0.15, 0.2) is 0 Å². The lowest BCUT2D eigenvalue weighted by molar-refractivity contribution is 0.163. The lowest BCUT2D eigenvalue weighted by atomic mass is 9.97. The molecule has 2 heterocycles. The van der Waals surface area contributed by atoms with Crippen molar-refractivity contribution in [1.29, 1.82) is 0 Å². The van der Waals surface area contributed by atoms with E-state index in [2.05, 4.69) is 23.4 Å². The molecule has 2 nitrogen and oxygen atoms in total. The summed E-state index contributed by atoms with van der Waals surface area (Å²) in [6, 6.07) is 2.36. The lowest BCUT2D eigenvalue weighted by Gasteiger charge is -2.36. The summed E-state index contributed by atoms with van der Waals surface area (Å²) in [5, 5.41) is 3.78. The zero-order valence-electron chi connectivity index (χ0n) is 10.0. The quantitative estimate of drug-likeness (QED) is 0.792. The molecule has 0 aromatic heterocycles. The molecule has 0 spiro atoms. The fraction of sp³-hybridized carbons (Fsp3) is 1.00. The maximum atomic E-state index is 3.78. The van der Waals surface area contributed by atoms with Crippen LogP contribution in [-0.2, 0) is 0 Å². The first kappa shape index (κ1) is 11.7. The minimum absolute atomic E-state index is 0.679. The maximum Gasteiger partial charge on any atom is 0.0132 e. The number of nitrogens with one attached hydrogen (secondary N) is 1. The smallest absolute Gasteiger partial charge is 0.0132 e. The molecule has 0 saturated carbocycles. The van der Waals surface area contributed by atoms with E-state index in [-0.39, 0.29) is 0 Å². The second-order valence-corrected chi connectivity index (χ2v) is 5.99. The standard InChI is InChI=1S/C12H24N2S/c1-10(9-15-2)13-11-5-7-14-6-3-4-12(14)8-11/h10-13H,3-9H2,1-2H3. The molecular formula is C12H24N2S. The Morgan fingerprint density at radius 2 is 2.27 bits per heavy atom. The van der Waals surface area contributed by atoms with Gasteiger partial charge in [-0.05, 0) is 52.0 Å². The van der Waals surface area contributed by atoms with Crippen LogP contribution in [0.3, 0.4) is 0 Å². The number of fused-ring (bicyclic) bond motifs is 1. The van der Waals surface area contributed by atoms with Crippen molar-refractivity contribution in [2.45, 2.75) is 50.7 Å². The molecule has 2 saturated heterocycles. The first-order chi connectivity index (χ1) is 7.29. The van der Waals surface area contributed by atoms with Crippen LogP contribution >= 0.6 is 11.8 Å². The van der Waals surface area contributed by atoms with E-state index in [4.69, 9.17) is 0 Å². The van der Waals surface area contributed by atoms with Gasteiger partial charge >= 0.3 is 0 Å². The summed E-state index contributed by atoms with van der Waals surface area (Å²) in [5.41, 5.74) is 0. The first-order valence-electron chi connectivity index (χ1n) is 6.28. The van der Waals surface area contributed by atoms with E-state index < -0.39 is 0 Å². The summed E-state index contributed by atoms with van der Waals surface area (Å²) in [4.78, 5) is 2.69. The second kappa shape index (κ2) is 5.55. The molecule has 0 radical (unpaired) electrons. The Kier molecular flexibility index (Phi) is 4.35. The van der Waals surface area contributed by atoms with Gasteiger partial charge in [0.1, 0.15) is 0 Å². The molecule has 0 aromatic carbocycles. The number of nitrogens with zero attached hydrogens (tertiary/aromatic N) is 1. The van der Waals surface area contributed by atoms with Crippen molar-refractivity contribution in [3.63, 3.8) is 0 Å². The van der Waals surface area contributed by atoms with Gasteiger partial charge in [0, 0.05) is 23.9 Å². The average molecular weight is 228 g/mol. The minimum atomic E-state index is 0.679. The first-order valence-corrected chi connectivity index (χ1v) is 7.68. The van der Waals surface area contributed by atoms with E-state index >= 15 is 0 Å². The molecule has 2 rings (SSSR count). The van der Waals surface area contributed by atoms with Gasteiger partial charge < -0.3 is 10.2 Å². The molecule has 0 aliphatic carbocycles. The van der Waals surface area contributed by atoms with Gasteiger partial charge in [-0.3, -0.25) is 0 Å². The Morgan fingerprint density at radius 1 is 1.40 bits per heavy atom. The third kappa shape index (κ3) is 3.11. The number of hydrogen-bond donors (Lipinski definition) is 1. The van der Waals surface area contributed by atoms with E-state index in [0.717, 1.165) is 12.1 Å². The Bertz CT molecular complexity index is 198. The second-order valence-electron chi connectivity index (χ2n) is 5.08. The molecule has 88 valence electrons. The van der Waals surface area contributed by atoms with Gasteiger partial charge in [-0.25, -0.2) is 0 Å². The fourth-order valence-corrected chi connectivity index (χ4v) is 3.67. The summed E-state index contributed by atoms with van der Waals surface area (Å²) in [6.45, 7) is 5.00. The highest BCUT2D eigenvalue weighted by Crippen LogP contribution is 2.27. The Hall–Kier alpha value is 0.270. The van der Waals surface area contributed by atoms with E-state index in [1.165, 1.54) is 44.5 Å². The zero-order valence-corrected chi connectivity index (χ0v) is 10.9. The van der Waals surface area contributed by atoms with Crippen LogP contribution < -0.4 is 5.32 Å². The summed E-state index contributed by atoms with van der Waals surface area (Å²) < 4.78 is 0. The number of rotatable bonds is 4. The van der Waals surface area contributed by atoms with Crippen LogP contribution in [0.25, 0.3) is 0 Å². The van der Waals surface area contributed by atoms with Gasteiger partial charge in [0.05, 0.1) is 0 Å². The molecule has 0 amide bonds. The lowest BCUT2D eigenvalue weighted by Crippen LogP contribution is -2.48. The molecule has 3 unspecified atom stereocenters. The average Bonchev–Trinajstić information content (AvgIpc) is 2.65. The monoisotopic (exact) mass is 228 g/mol. The van der Waals surface area contributed by atoms with Gasteiger partial charge in [-0.2, -0.15) is 11.8 Å². The molecule has 3 atom stereocenters. The van der Waals surface area contributed by atoms with Crippen LogP contribution in [0.2, 0.25) is 0 Å². The van der Waals surface area contributed by atoms with Gasteiger partial charge in [-0.15, -0.1) is 0 Å². The molecule has 2 fully saturated rings. The molecule has 0 bridgehead atoms. The van der Waals surface area contributed by atoms with Gasteiger partial charge in [0.15, 0.2) is 0 Å². The normalized spacial score (nSPS) is 34.0. The van der Waals surface area contributed by atoms with Gasteiger partial charge in [-0.1, -0.05) is 0 Å². The summed E-state index contributed by atoms with van der Waals surface area (Å²) in [7, 11) is 0. The number of piperidine rings is 1. The van der Waals surface area contributed by atoms with Crippen LogP contribution in [-0.4, -0.2) is 48.1 Å². The predicted molar refractivity (Wildman–Crippen MR) is 68.6 cm³/mol. The molecule has 1 N–H and O–H groups in total. The summed E-state index contributed by atoms with van der Waals surface area (Å²) in [6.07, 6.45) is 7.80. The van der Waals surface area contributed by atoms with Crippen molar-refractivity contribution < 1.29 is 0 Å².